The van der Waals surface area contributed by atoms with Crippen LogP contribution in [-0.2, 0) is 0 Å². The fourth-order valence-corrected chi connectivity index (χ4v) is 4.42. The summed E-state index contributed by atoms with van der Waals surface area (Å²) in [6, 6.07) is 10.3. The van der Waals surface area contributed by atoms with Gasteiger partial charge in [0.1, 0.15) is 11.6 Å². The number of piperazine rings is 1. The van der Waals surface area contributed by atoms with Crippen LogP contribution in [-0.4, -0.2) is 84.3 Å². The number of aromatic nitrogens is 1. The van der Waals surface area contributed by atoms with Crippen molar-refractivity contribution in [1.82, 2.24) is 14.8 Å². The van der Waals surface area contributed by atoms with Gasteiger partial charge in [-0.2, -0.15) is 0 Å². The summed E-state index contributed by atoms with van der Waals surface area (Å²) in [7, 11) is 1.76. The number of rotatable bonds is 4. The molecule has 3 heterocycles. The average Bonchev–Trinajstić information content (AvgIpc) is 2.79. The van der Waals surface area contributed by atoms with E-state index in [-0.39, 0.29) is 17.8 Å². The van der Waals surface area contributed by atoms with Crippen LogP contribution in [0.3, 0.4) is 0 Å². The predicted molar refractivity (Wildman–Crippen MR) is 114 cm³/mol. The number of para-hydroxylation sites is 1. The van der Waals surface area contributed by atoms with E-state index in [9.17, 15) is 14.3 Å². The summed E-state index contributed by atoms with van der Waals surface area (Å²) in [5, 5.41) is 13.7. The molecule has 1 aromatic carbocycles. The van der Waals surface area contributed by atoms with Gasteiger partial charge in [-0.25, -0.2) is 9.37 Å². The van der Waals surface area contributed by atoms with E-state index in [0.29, 0.717) is 30.2 Å². The third-order valence-corrected chi connectivity index (χ3v) is 6.07. The van der Waals surface area contributed by atoms with E-state index in [0.717, 1.165) is 32.6 Å². The van der Waals surface area contributed by atoms with Crippen LogP contribution in [0.5, 0.6) is 0 Å². The second-order valence-electron chi connectivity index (χ2n) is 7.83. The number of anilines is 2. The topological polar surface area (TPSA) is 71.9 Å². The van der Waals surface area contributed by atoms with Gasteiger partial charge in [0.2, 0.25) is 0 Å². The van der Waals surface area contributed by atoms with E-state index in [1.54, 1.807) is 36.3 Å². The van der Waals surface area contributed by atoms with Gasteiger partial charge >= 0.3 is 0 Å². The lowest BCUT2D eigenvalue weighted by atomic mass is 9.98. The monoisotopic (exact) mass is 413 g/mol. The maximum absolute atomic E-state index is 14.1. The molecule has 8 heteroatoms. The summed E-state index contributed by atoms with van der Waals surface area (Å²) in [4.78, 5) is 23.0. The first-order chi connectivity index (χ1) is 14.6. The smallest absolute Gasteiger partial charge is 0.254 e. The highest BCUT2D eigenvalue weighted by Gasteiger charge is 2.35. The van der Waals surface area contributed by atoms with Crippen LogP contribution >= 0.6 is 0 Å². The molecule has 0 spiro atoms. The quantitative estimate of drug-likeness (QED) is 0.795. The molecule has 7 nitrogen and oxygen atoms in total. The Kier molecular flexibility index (Phi) is 6.15. The molecule has 2 saturated heterocycles. The number of halogens is 1. The zero-order valence-corrected chi connectivity index (χ0v) is 17.2. The SMILES string of the molecule is CNc1cc(C(=O)N2CC[C@@H](N3CCN(c4ccccc4F)CC3)[C@H](O)C2)ccn1. The predicted octanol–water partition coefficient (Wildman–Crippen LogP) is 1.66. The molecule has 1 amide bonds. The maximum Gasteiger partial charge on any atom is 0.254 e. The lowest BCUT2D eigenvalue weighted by Crippen LogP contribution is -2.59. The highest BCUT2D eigenvalue weighted by Crippen LogP contribution is 2.24. The highest BCUT2D eigenvalue weighted by molar-refractivity contribution is 5.94. The standard InChI is InChI=1S/C22H28FN5O2/c1-24-21-14-16(6-8-25-21)22(30)28-9-7-19(20(29)15-28)27-12-10-26(11-13-27)18-5-3-2-4-17(18)23/h2-6,8,14,19-20,29H,7,9-13,15H2,1H3,(H,24,25)/t19-,20-/m1/s1. The first kappa shape index (κ1) is 20.6. The summed E-state index contributed by atoms with van der Waals surface area (Å²) in [5.41, 5.74) is 1.20. The van der Waals surface area contributed by atoms with Gasteiger partial charge in [0.15, 0.2) is 0 Å². The Morgan fingerprint density at radius 2 is 1.93 bits per heavy atom. The molecular formula is C22H28FN5O2. The van der Waals surface area contributed by atoms with Crippen molar-refractivity contribution in [2.45, 2.75) is 18.6 Å². The van der Waals surface area contributed by atoms with Crippen LogP contribution in [0, 0.1) is 5.82 Å². The van der Waals surface area contributed by atoms with Crippen LogP contribution < -0.4 is 10.2 Å². The van der Waals surface area contributed by atoms with Crippen LogP contribution in [0.4, 0.5) is 15.9 Å². The minimum absolute atomic E-state index is 0.0159. The van der Waals surface area contributed by atoms with Crippen molar-refractivity contribution in [3.05, 3.63) is 54.0 Å². The van der Waals surface area contributed by atoms with Gasteiger partial charge in [0.05, 0.1) is 11.8 Å². The number of nitrogens with zero attached hydrogens (tertiary/aromatic N) is 4. The number of aliphatic hydroxyl groups excluding tert-OH is 1. The number of pyridine rings is 1. The van der Waals surface area contributed by atoms with Crippen molar-refractivity contribution in [1.29, 1.82) is 0 Å². The molecule has 4 rings (SSSR count). The summed E-state index contributed by atoms with van der Waals surface area (Å²) >= 11 is 0. The number of β-amino-alcohol motifs (C(OH)–C–C–N with tert-alkyl or cyclic N) is 1. The number of hydrogen-bond donors (Lipinski definition) is 2. The molecule has 2 aliphatic rings. The van der Waals surface area contributed by atoms with E-state index < -0.39 is 6.10 Å². The number of carbonyl (C=O) groups is 1. The molecule has 0 aliphatic carbocycles. The second-order valence-corrected chi connectivity index (χ2v) is 7.83. The number of nitrogens with one attached hydrogen (secondary N) is 1. The summed E-state index contributed by atoms with van der Waals surface area (Å²) in [6.07, 6.45) is 1.72. The molecule has 0 bridgehead atoms. The molecule has 0 unspecified atom stereocenters. The Labute approximate surface area is 176 Å². The van der Waals surface area contributed by atoms with Crippen molar-refractivity contribution in [2.24, 2.45) is 0 Å². The number of benzene rings is 1. The van der Waals surface area contributed by atoms with Crippen molar-refractivity contribution >= 4 is 17.4 Å². The Morgan fingerprint density at radius 1 is 1.17 bits per heavy atom. The Morgan fingerprint density at radius 3 is 2.63 bits per heavy atom. The van der Waals surface area contributed by atoms with Gasteiger partial charge in [-0.1, -0.05) is 12.1 Å². The maximum atomic E-state index is 14.1. The zero-order valence-electron chi connectivity index (χ0n) is 17.2. The zero-order chi connectivity index (χ0) is 21.1. The molecule has 160 valence electrons. The van der Waals surface area contributed by atoms with Crippen LogP contribution in [0.25, 0.3) is 0 Å². The van der Waals surface area contributed by atoms with E-state index in [1.807, 2.05) is 12.1 Å². The van der Waals surface area contributed by atoms with E-state index >= 15 is 0 Å². The normalized spacial score (nSPS) is 22.8. The molecule has 0 radical (unpaired) electrons. The molecule has 2 N–H and O–H groups in total. The van der Waals surface area contributed by atoms with Gasteiger partial charge in [0.25, 0.3) is 5.91 Å². The second kappa shape index (κ2) is 8.97. The third-order valence-electron chi connectivity index (χ3n) is 6.07. The number of hydrogen-bond acceptors (Lipinski definition) is 6. The fourth-order valence-electron chi connectivity index (χ4n) is 4.42. The summed E-state index contributed by atoms with van der Waals surface area (Å²) in [6.45, 7) is 3.88. The fraction of sp³-hybridized carbons (Fsp3) is 0.455. The van der Waals surface area contributed by atoms with E-state index in [2.05, 4.69) is 20.1 Å². The molecule has 2 aliphatic heterocycles. The molecule has 2 fully saturated rings. The molecular weight excluding hydrogens is 385 g/mol. The lowest BCUT2D eigenvalue weighted by molar-refractivity contribution is -0.0107. The minimum atomic E-state index is -0.603. The van der Waals surface area contributed by atoms with Gasteiger partial charge in [-0.15, -0.1) is 0 Å². The van der Waals surface area contributed by atoms with Crippen molar-refractivity contribution in [3.63, 3.8) is 0 Å². The van der Waals surface area contributed by atoms with E-state index in [4.69, 9.17) is 0 Å². The Balaban J connectivity index is 1.34. The lowest BCUT2D eigenvalue weighted by Gasteiger charge is -2.45. The molecule has 1 aromatic heterocycles. The third kappa shape index (κ3) is 4.24. The van der Waals surface area contributed by atoms with Crippen molar-refractivity contribution < 1.29 is 14.3 Å². The van der Waals surface area contributed by atoms with Gasteiger partial charge in [-0.05, 0) is 30.7 Å². The number of amides is 1. The van der Waals surface area contributed by atoms with Gasteiger partial charge < -0.3 is 20.2 Å². The Hall–Kier alpha value is -2.71. The Bertz CT molecular complexity index is 887. The molecule has 2 atom stereocenters. The van der Waals surface area contributed by atoms with E-state index in [1.165, 1.54) is 6.07 Å². The highest BCUT2D eigenvalue weighted by atomic mass is 19.1. The van der Waals surface area contributed by atoms with Crippen LogP contribution in [0.1, 0.15) is 16.8 Å². The summed E-state index contributed by atoms with van der Waals surface area (Å²) in [5.74, 6) is 0.357. The molecule has 30 heavy (non-hydrogen) atoms. The first-order valence-electron chi connectivity index (χ1n) is 10.4. The number of aliphatic hydroxyl groups is 1. The molecule has 2 aromatic rings. The van der Waals surface area contributed by atoms with Gasteiger partial charge in [-0.3, -0.25) is 9.69 Å². The number of carbonyl (C=O) groups excluding carboxylic acids is 1. The van der Waals surface area contributed by atoms with Crippen molar-refractivity contribution in [2.75, 3.05) is 56.5 Å². The summed E-state index contributed by atoms with van der Waals surface area (Å²) < 4.78 is 14.1. The largest absolute Gasteiger partial charge is 0.390 e. The number of piperidine rings is 1. The average molecular weight is 413 g/mol. The minimum Gasteiger partial charge on any atom is -0.390 e. The van der Waals surface area contributed by atoms with Gasteiger partial charge in [0, 0.05) is 64.1 Å². The van der Waals surface area contributed by atoms with Crippen LogP contribution in [0.2, 0.25) is 0 Å². The van der Waals surface area contributed by atoms with Crippen LogP contribution in [0.15, 0.2) is 42.6 Å². The number of likely N-dealkylation sites (tertiary alicyclic amines) is 1. The molecule has 0 saturated carbocycles. The first-order valence-corrected chi connectivity index (χ1v) is 10.4. The van der Waals surface area contributed by atoms with Crippen molar-refractivity contribution in [3.8, 4) is 0 Å².